The van der Waals surface area contributed by atoms with Gasteiger partial charge in [-0.15, -0.1) is 0 Å². The van der Waals surface area contributed by atoms with Crippen molar-refractivity contribution in [3.8, 4) is 17.4 Å². The van der Waals surface area contributed by atoms with Gasteiger partial charge in [-0.3, -0.25) is 9.29 Å². The molecule has 0 radical (unpaired) electrons. The number of aryl methyl sites for hydroxylation is 3. The van der Waals surface area contributed by atoms with Crippen molar-refractivity contribution in [2.24, 2.45) is 0 Å². The maximum atomic E-state index is 12.6. The summed E-state index contributed by atoms with van der Waals surface area (Å²) in [6.07, 6.45) is 6.59. The third-order valence-corrected chi connectivity index (χ3v) is 5.72. The summed E-state index contributed by atoms with van der Waals surface area (Å²) in [6, 6.07) is 8.23. The molecule has 0 aliphatic carbocycles. The predicted molar refractivity (Wildman–Crippen MR) is 114 cm³/mol. The molecule has 3 heterocycles. The molecular formula is C20H21N7O3S. The first-order chi connectivity index (χ1) is 14.8. The first kappa shape index (κ1) is 20.5. The number of nitrogens with zero attached hydrogens (tertiary/aromatic N) is 6. The molecule has 0 saturated carbocycles. The molecule has 1 aromatic carbocycles. The first-order valence-corrected chi connectivity index (χ1v) is 11.0. The summed E-state index contributed by atoms with van der Waals surface area (Å²) in [6.45, 7) is 6.11. The van der Waals surface area contributed by atoms with E-state index in [-0.39, 0.29) is 5.03 Å². The van der Waals surface area contributed by atoms with Gasteiger partial charge in [-0.05, 0) is 45.0 Å². The molecular weight excluding hydrogens is 418 g/mol. The van der Waals surface area contributed by atoms with Crippen LogP contribution in [-0.2, 0) is 16.6 Å². The van der Waals surface area contributed by atoms with Gasteiger partial charge in [0.05, 0.1) is 0 Å². The van der Waals surface area contributed by atoms with Crippen molar-refractivity contribution in [1.29, 1.82) is 0 Å². The lowest BCUT2D eigenvalue weighted by molar-refractivity contribution is 0.459. The van der Waals surface area contributed by atoms with Crippen LogP contribution in [0.3, 0.4) is 0 Å². The second kappa shape index (κ2) is 8.19. The van der Waals surface area contributed by atoms with Gasteiger partial charge in [-0.2, -0.15) is 13.4 Å². The maximum Gasteiger partial charge on any atom is 0.280 e. The minimum atomic E-state index is -3.79. The number of nitrogens with one attached hydrogen (secondary N) is 1. The van der Waals surface area contributed by atoms with Gasteiger partial charge in [0, 0.05) is 36.9 Å². The number of hydrogen-bond donors (Lipinski definition) is 1. The Kier molecular flexibility index (Phi) is 5.42. The molecule has 10 nitrogen and oxygen atoms in total. The molecule has 0 aliphatic rings. The van der Waals surface area contributed by atoms with Crippen LogP contribution in [-0.4, -0.2) is 37.5 Å². The molecule has 0 fully saturated rings. The highest BCUT2D eigenvalue weighted by molar-refractivity contribution is 7.92. The van der Waals surface area contributed by atoms with Crippen LogP contribution in [0.5, 0.6) is 11.6 Å². The number of sulfonamides is 1. The third-order valence-electron chi connectivity index (χ3n) is 4.47. The second-order valence-electron chi connectivity index (χ2n) is 6.73. The predicted octanol–water partition coefficient (Wildman–Crippen LogP) is 3.09. The van der Waals surface area contributed by atoms with Crippen molar-refractivity contribution in [3.63, 3.8) is 0 Å². The van der Waals surface area contributed by atoms with Crippen LogP contribution in [0.25, 0.3) is 5.82 Å². The molecule has 0 amide bonds. The van der Waals surface area contributed by atoms with E-state index >= 15 is 0 Å². The highest BCUT2D eigenvalue weighted by Crippen LogP contribution is 2.24. The molecule has 0 spiro atoms. The van der Waals surface area contributed by atoms with E-state index in [1.807, 2.05) is 6.92 Å². The highest BCUT2D eigenvalue weighted by atomic mass is 32.2. The smallest absolute Gasteiger partial charge is 0.280 e. The van der Waals surface area contributed by atoms with Crippen LogP contribution in [0, 0.1) is 13.8 Å². The Balaban J connectivity index is 1.50. The van der Waals surface area contributed by atoms with Crippen LogP contribution < -0.4 is 9.46 Å². The molecule has 3 aromatic heterocycles. The first-order valence-electron chi connectivity index (χ1n) is 9.52. The van der Waals surface area contributed by atoms with E-state index < -0.39 is 10.0 Å². The number of hydrogen-bond acceptors (Lipinski definition) is 7. The van der Waals surface area contributed by atoms with Crippen molar-refractivity contribution >= 4 is 15.7 Å². The summed E-state index contributed by atoms with van der Waals surface area (Å²) in [5.74, 6) is 2.69. The highest BCUT2D eigenvalue weighted by Gasteiger charge is 2.19. The second-order valence-corrected chi connectivity index (χ2v) is 8.36. The minimum Gasteiger partial charge on any atom is -0.439 e. The van der Waals surface area contributed by atoms with Crippen LogP contribution >= 0.6 is 0 Å². The fraction of sp³-hybridized carbons (Fsp3) is 0.200. The van der Waals surface area contributed by atoms with Crippen molar-refractivity contribution in [3.05, 3.63) is 66.9 Å². The summed E-state index contributed by atoms with van der Waals surface area (Å²) < 4.78 is 37.1. The molecule has 4 aromatic rings. The molecule has 0 aliphatic heterocycles. The number of aromatic nitrogens is 6. The normalized spacial score (nSPS) is 11.5. The van der Waals surface area contributed by atoms with Crippen molar-refractivity contribution in [1.82, 2.24) is 29.1 Å². The largest absolute Gasteiger partial charge is 0.439 e. The van der Waals surface area contributed by atoms with E-state index in [1.54, 1.807) is 72.0 Å². The molecule has 1 N–H and O–H groups in total. The fourth-order valence-corrected chi connectivity index (χ4v) is 4.02. The van der Waals surface area contributed by atoms with E-state index in [1.165, 1.54) is 6.20 Å². The van der Waals surface area contributed by atoms with Gasteiger partial charge in [0.1, 0.15) is 29.5 Å². The lowest BCUT2D eigenvalue weighted by Gasteiger charge is -2.09. The van der Waals surface area contributed by atoms with Gasteiger partial charge < -0.3 is 9.30 Å². The van der Waals surface area contributed by atoms with Gasteiger partial charge in [0.25, 0.3) is 10.0 Å². The summed E-state index contributed by atoms with van der Waals surface area (Å²) in [5.41, 5.74) is 0.397. The zero-order valence-corrected chi connectivity index (χ0v) is 18.0. The van der Waals surface area contributed by atoms with Gasteiger partial charge in [0.15, 0.2) is 5.03 Å². The van der Waals surface area contributed by atoms with Crippen molar-refractivity contribution < 1.29 is 13.2 Å². The van der Waals surface area contributed by atoms with Gasteiger partial charge in [0.2, 0.25) is 5.88 Å². The molecule has 11 heteroatoms. The van der Waals surface area contributed by atoms with Crippen LogP contribution in [0.4, 0.5) is 5.69 Å². The number of anilines is 1. The fourth-order valence-electron chi connectivity index (χ4n) is 2.95. The summed E-state index contributed by atoms with van der Waals surface area (Å²) in [4.78, 5) is 16.8. The zero-order valence-electron chi connectivity index (χ0n) is 17.2. The topological polar surface area (TPSA) is 117 Å². The summed E-state index contributed by atoms with van der Waals surface area (Å²) in [7, 11) is -3.79. The lowest BCUT2D eigenvalue weighted by atomic mass is 10.3. The Hall–Kier alpha value is -3.73. The average molecular weight is 440 g/mol. The van der Waals surface area contributed by atoms with Crippen LogP contribution in [0.15, 0.2) is 60.3 Å². The maximum absolute atomic E-state index is 12.6. The average Bonchev–Trinajstić information content (AvgIpc) is 3.39. The number of ether oxygens (including phenoxy) is 1. The Morgan fingerprint density at radius 3 is 2.52 bits per heavy atom. The molecule has 0 unspecified atom stereocenters. The standard InChI is InChI=1S/C20H21N7O3S/c1-4-26-12-20(24-15(26)3)31(28,29)25-16-5-7-17(8-6-16)30-19-11-18(22-14(2)23-19)27-10-9-21-13-27/h5-13,25H,4H2,1-3H3. The molecule has 4 rings (SSSR count). The minimum absolute atomic E-state index is 0.0179. The number of rotatable bonds is 7. The molecule has 160 valence electrons. The third kappa shape index (κ3) is 4.56. The zero-order chi connectivity index (χ0) is 22.0. The lowest BCUT2D eigenvalue weighted by Crippen LogP contribution is -2.13. The molecule has 0 saturated heterocycles. The van der Waals surface area contributed by atoms with Crippen molar-refractivity contribution in [2.75, 3.05) is 4.72 Å². The molecule has 0 bridgehead atoms. The van der Waals surface area contributed by atoms with Gasteiger partial charge >= 0.3 is 0 Å². The van der Waals surface area contributed by atoms with Gasteiger partial charge in [-0.1, -0.05) is 0 Å². The monoisotopic (exact) mass is 439 g/mol. The Bertz CT molecular complexity index is 1300. The van der Waals surface area contributed by atoms with E-state index in [0.29, 0.717) is 41.3 Å². The SMILES string of the molecule is CCn1cc(S(=O)(=O)Nc2ccc(Oc3cc(-n4ccnc4)nc(C)n3)cc2)nc1C. The van der Waals surface area contributed by atoms with Gasteiger partial charge in [-0.25, -0.2) is 15.0 Å². The Morgan fingerprint density at radius 2 is 1.87 bits per heavy atom. The summed E-state index contributed by atoms with van der Waals surface area (Å²) >= 11 is 0. The number of imidazole rings is 2. The molecule has 31 heavy (non-hydrogen) atoms. The van der Waals surface area contributed by atoms with E-state index in [2.05, 4.69) is 24.7 Å². The Morgan fingerprint density at radius 1 is 1.10 bits per heavy atom. The van der Waals surface area contributed by atoms with E-state index in [0.717, 1.165) is 0 Å². The molecule has 0 atom stereocenters. The van der Waals surface area contributed by atoms with E-state index in [4.69, 9.17) is 4.74 Å². The van der Waals surface area contributed by atoms with E-state index in [9.17, 15) is 8.42 Å². The van der Waals surface area contributed by atoms with Crippen molar-refractivity contribution in [2.45, 2.75) is 32.3 Å². The van der Waals surface area contributed by atoms with Crippen LogP contribution in [0.1, 0.15) is 18.6 Å². The number of benzene rings is 1. The quantitative estimate of drug-likeness (QED) is 0.470. The Labute approximate surface area is 179 Å². The summed E-state index contributed by atoms with van der Waals surface area (Å²) in [5, 5.41) is -0.0179. The van der Waals surface area contributed by atoms with Crippen LogP contribution in [0.2, 0.25) is 0 Å².